The second-order valence-corrected chi connectivity index (χ2v) is 3.70. The smallest absolute Gasteiger partial charge is 0.249 e. The number of aromatic nitrogens is 3. The van der Waals surface area contributed by atoms with Crippen LogP contribution in [0.2, 0.25) is 0 Å². The molecular formula is C12H14FN5. The van der Waals surface area contributed by atoms with E-state index < -0.39 is 0 Å². The Morgan fingerprint density at radius 2 is 2.11 bits per heavy atom. The highest BCUT2D eigenvalue weighted by atomic mass is 19.1. The summed E-state index contributed by atoms with van der Waals surface area (Å²) >= 11 is 0. The third-order valence-corrected chi connectivity index (χ3v) is 2.24. The molecule has 0 atom stereocenters. The Bertz CT molecular complexity index is 517. The topological polar surface area (TPSA) is 62.7 Å². The number of para-hydroxylation sites is 1. The summed E-state index contributed by atoms with van der Waals surface area (Å²) in [5.74, 6) is 0.528. The van der Waals surface area contributed by atoms with E-state index in [4.69, 9.17) is 0 Å². The predicted octanol–water partition coefficient (Wildman–Crippen LogP) is 2.58. The number of nitrogens with zero attached hydrogens (tertiary/aromatic N) is 3. The van der Waals surface area contributed by atoms with Gasteiger partial charge in [0.1, 0.15) is 5.82 Å². The van der Waals surface area contributed by atoms with Gasteiger partial charge in [0.05, 0.1) is 11.9 Å². The average molecular weight is 247 g/mol. The highest BCUT2D eigenvalue weighted by molar-refractivity contribution is 5.54. The molecule has 18 heavy (non-hydrogen) atoms. The van der Waals surface area contributed by atoms with Gasteiger partial charge in [0.2, 0.25) is 5.95 Å². The van der Waals surface area contributed by atoms with Crippen molar-refractivity contribution in [1.29, 1.82) is 0 Å². The van der Waals surface area contributed by atoms with Gasteiger partial charge in [0.25, 0.3) is 0 Å². The number of hydrogen-bond donors (Lipinski definition) is 2. The molecule has 0 radical (unpaired) electrons. The van der Waals surface area contributed by atoms with Gasteiger partial charge in [0, 0.05) is 6.54 Å². The van der Waals surface area contributed by atoms with Gasteiger partial charge in [-0.15, -0.1) is 5.10 Å². The molecule has 0 unspecified atom stereocenters. The fourth-order valence-corrected chi connectivity index (χ4v) is 1.38. The number of anilines is 3. The lowest BCUT2D eigenvalue weighted by Crippen LogP contribution is -2.06. The van der Waals surface area contributed by atoms with Crippen LogP contribution < -0.4 is 10.6 Å². The van der Waals surface area contributed by atoms with Gasteiger partial charge in [-0.2, -0.15) is 10.1 Å². The van der Waals surface area contributed by atoms with Gasteiger partial charge in [0.15, 0.2) is 5.82 Å². The fourth-order valence-electron chi connectivity index (χ4n) is 1.38. The van der Waals surface area contributed by atoms with E-state index in [1.165, 1.54) is 12.3 Å². The highest BCUT2D eigenvalue weighted by Crippen LogP contribution is 2.16. The van der Waals surface area contributed by atoms with E-state index in [2.05, 4.69) is 32.7 Å². The Labute approximate surface area is 104 Å². The molecule has 0 bridgehead atoms. The van der Waals surface area contributed by atoms with E-state index >= 15 is 0 Å². The van der Waals surface area contributed by atoms with E-state index in [-0.39, 0.29) is 11.8 Å². The van der Waals surface area contributed by atoms with Crippen molar-refractivity contribution < 1.29 is 4.39 Å². The molecule has 1 aromatic carbocycles. The first-order valence-electron chi connectivity index (χ1n) is 5.74. The number of halogens is 1. The number of benzene rings is 1. The standard InChI is InChI=1S/C12H14FN5/c1-2-7-14-11-8-15-18-12(17-11)16-10-6-4-3-5-9(10)13/h3-6,8H,2,7H2,1H3,(H2,14,16,17,18). The average Bonchev–Trinajstić information content (AvgIpc) is 2.40. The van der Waals surface area contributed by atoms with E-state index in [0.29, 0.717) is 11.5 Å². The van der Waals surface area contributed by atoms with Crippen molar-refractivity contribution in [3.05, 3.63) is 36.3 Å². The van der Waals surface area contributed by atoms with Crippen molar-refractivity contribution in [1.82, 2.24) is 15.2 Å². The molecule has 1 heterocycles. The van der Waals surface area contributed by atoms with Crippen molar-refractivity contribution in [3.63, 3.8) is 0 Å². The molecule has 6 heteroatoms. The molecule has 0 amide bonds. The van der Waals surface area contributed by atoms with E-state index in [1.807, 2.05) is 0 Å². The zero-order valence-electron chi connectivity index (χ0n) is 10.0. The molecule has 5 nitrogen and oxygen atoms in total. The maximum Gasteiger partial charge on any atom is 0.249 e. The molecule has 0 saturated heterocycles. The van der Waals surface area contributed by atoms with E-state index in [0.717, 1.165) is 13.0 Å². The summed E-state index contributed by atoms with van der Waals surface area (Å²) < 4.78 is 13.4. The first-order valence-corrected chi connectivity index (χ1v) is 5.74. The van der Waals surface area contributed by atoms with Crippen LogP contribution in [0.3, 0.4) is 0 Å². The van der Waals surface area contributed by atoms with Gasteiger partial charge >= 0.3 is 0 Å². The highest BCUT2D eigenvalue weighted by Gasteiger charge is 2.04. The molecule has 94 valence electrons. The minimum Gasteiger partial charge on any atom is -0.369 e. The normalized spacial score (nSPS) is 10.1. The molecular weight excluding hydrogens is 233 g/mol. The van der Waals surface area contributed by atoms with Crippen LogP contribution in [0.25, 0.3) is 0 Å². The van der Waals surface area contributed by atoms with Crippen LogP contribution >= 0.6 is 0 Å². The molecule has 2 N–H and O–H groups in total. The van der Waals surface area contributed by atoms with E-state index in [9.17, 15) is 4.39 Å². The largest absolute Gasteiger partial charge is 0.369 e. The van der Waals surface area contributed by atoms with Gasteiger partial charge in [-0.25, -0.2) is 4.39 Å². The lowest BCUT2D eigenvalue weighted by Gasteiger charge is -2.07. The Morgan fingerprint density at radius 3 is 2.89 bits per heavy atom. The molecule has 0 fully saturated rings. The quantitative estimate of drug-likeness (QED) is 0.850. The number of nitrogens with one attached hydrogen (secondary N) is 2. The summed E-state index contributed by atoms with van der Waals surface area (Å²) in [4.78, 5) is 4.18. The lowest BCUT2D eigenvalue weighted by atomic mass is 10.3. The van der Waals surface area contributed by atoms with Gasteiger partial charge in [-0.3, -0.25) is 0 Å². The Balaban J connectivity index is 2.12. The Kier molecular flexibility index (Phi) is 4.01. The summed E-state index contributed by atoms with van der Waals surface area (Å²) in [5.41, 5.74) is 0.326. The minimum atomic E-state index is -0.354. The van der Waals surface area contributed by atoms with Gasteiger partial charge in [-0.1, -0.05) is 19.1 Å². The van der Waals surface area contributed by atoms with Crippen LogP contribution in [0.1, 0.15) is 13.3 Å². The van der Waals surface area contributed by atoms with Crippen LogP contribution in [-0.2, 0) is 0 Å². The van der Waals surface area contributed by atoms with Crippen LogP contribution in [0, 0.1) is 5.82 Å². The molecule has 0 aliphatic heterocycles. The molecule has 0 aliphatic rings. The van der Waals surface area contributed by atoms with Gasteiger partial charge in [-0.05, 0) is 18.6 Å². The molecule has 2 aromatic rings. The molecule has 0 aliphatic carbocycles. The molecule has 0 spiro atoms. The van der Waals surface area contributed by atoms with Crippen LogP contribution in [-0.4, -0.2) is 21.7 Å². The summed E-state index contributed by atoms with van der Waals surface area (Å²) in [7, 11) is 0. The lowest BCUT2D eigenvalue weighted by molar-refractivity contribution is 0.631. The van der Waals surface area contributed by atoms with Crippen LogP contribution in [0.5, 0.6) is 0 Å². The maximum absolute atomic E-state index is 13.4. The third kappa shape index (κ3) is 3.13. The van der Waals surface area contributed by atoms with Gasteiger partial charge < -0.3 is 10.6 Å². The van der Waals surface area contributed by atoms with E-state index in [1.54, 1.807) is 18.2 Å². The fraction of sp³-hybridized carbons (Fsp3) is 0.250. The maximum atomic E-state index is 13.4. The molecule has 0 saturated carbocycles. The van der Waals surface area contributed by atoms with Crippen LogP contribution in [0.4, 0.5) is 21.8 Å². The number of hydrogen-bond acceptors (Lipinski definition) is 5. The van der Waals surface area contributed by atoms with Crippen molar-refractivity contribution in [2.45, 2.75) is 13.3 Å². The van der Waals surface area contributed by atoms with Crippen molar-refractivity contribution in [2.75, 3.05) is 17.2 Å². The Morgan fingerprint density at radius 1 is 1.28 bits per heavy atom. The second-order valence-electron chi connectivity index (χ2n) is 3.70. The van der Waals surface area contributed by atoms with Crippen molar-refractivity contribution in [3.8, 4) is 0 Å². The first kappa shape index (κ1) is 12.2. The molecule has 2 rings (SSSR count). The van der Waals surface area contributed by atoms with Crippen LogP contribution in [0.15, 0.2) is 30.5 Å². The first-order chi connectivity index (χ1) is 8.79. The summed E-state index contributed by atoms with van der Waals surface area (Å²) in [6.07, 6.45) is 2.52. The monoisotopic (exact) mass is 247 g/mol. The second kappa shape index (κ2) is 5.90. The number of rotatable bonds is 5. The van der Waals surface area contributed by atoms with Crippen molar-refractivity contribution in [2.24, 2.45) is 0 Å². The molecule has 1 aromatic heterocycles. The Hall–Kier alpha value is -2.24. The van der Waals surface area contributed by atoms with Crippen molar-refractivity contribution >= 4 is 17.5 Å². The zero-order chi connectivity index (χ0) is 12.8. The SMILES string of the molecule is CCCNc1cnnc(Nc2ccccc2F)n1. The summed E-state index contributed by atoms with van der Waals surface area (Å²) in [6, 6.07) is 6.34. The summed E-state index contributed by atoms with van der Waals surface area (Å²) in [6.45, 7) is 2.86. The predicted molar refractivity (Wildman–Crippen MR) is 68.3 cm³/mol. The minimum absolute atomic E-state index is 0.265. The third-order valence-electron chi connectivity index (χ3n) is 2.24. The summed E-state index contributed by atoms with van der Waals surface area (Å²) in [5, 5.41) is 13.5. The zero-order valence-corrected chi connectivity index (χ0v) is 10.0.